The zero-order valence-electron chi connectivity index (χ0n) is 9.74. The van der Waals surface area contributed by atoms with Crippen LogP contribution in [0.1, 0.15) is 12.5 Å². The summed E-state index contributed by atoms with van der Waals surface area (Å²) in [4.78, 5) is 9.95. The Hall–Kier alpha value is -1.54. The van der Waals surface area contributed by atoms with Gasteiger partial charge in [-0.2, -0.15) is 0 Å². The molecule has 88 valence electrons. The monoisotopic (exact) mass is 248 g/mol. The maximum absolute atomic E-state index is 10.9. The number of hydrogen-bond acceptors (Lipinski definition) is 2. The van der Waals surface area contributed by atoms with Gasteiger partial charge in [0.05, 0.1) is 7.11 Å². The molecule has 0 aliphatic heterocycles. The highest BCUT2D eigenvalue weighted by atomic mass is 35.5. The van der Waals surface area contributed by atoms with Crippen molar-refractivity contribution in [1.29, 1.82) is 0 Å². The fourth-order valence-electron chi connectivity index (χ4n) is 1.72. The van der Waals surface area contributed by atoms with Gasteiger partial charge in [-0.05, 0) is 41.5 Å². The van der Waals surface area contributed by atoms with Gasteiger partial charge in [0, 0.05) is 0 Å². The van der Waals surface area contributed by atoms with Gasteiger partial charge in [0.25, 0.3) is 0 Å². The normalized spacial score (nSPS) is 14.3. The van der Waals surface area contributed by atoms with E-state index in [4.69, 9.17) is 16.3 Å². The fraction of sp³-hybridized carbons (Fsp3) is 0.214. The molecular weight excluding hydrogens is 236 g/mol. The summed E-state index contributed by atoms with van der Waals surface area (Å²) in [5, 5.41) is 2.10. The van der Waals surface area contributed by atoms with Crippen LogP contribution in [0.3, 0.4) is 0 Å². The van der Waals surface area contributed by atoms with E-state index in [-0.39, 0.29) is 0 Å². The van der Waals surface area contributed by atoms with Gasteiger partial charge in [-0.25, -0.2) is 0 Å². The van der Waals surface area contributed by atoms with Crippen molar-refractivity contribution in [2.75, 3.05) is 7.11 Å². The van der Waals surface area contributed by atoms with Crippen LogP contribution in [0.25, 0.3) is 10.8 Å². The Morgan fingerprint density at radius 1 is 1.18 bits per heavy atom. The number of aldehydes is 1. The van der Waals surface area contributed by atoms with Crippen molar-refractivity contribution < 1.29 is 9.53 Å². The number of halogens is 1. The van der Waals surface area contributed by atoms with Crippen LogP contribution < -0.4 is 4.74 Å². The maximum Gasteiger partial charge on any atom is 0.145 e. The summed E-state index contributed by atoms with van der Waals surface area (Å²) in [7, 11) is 1.64. The average Bonchev–Trinajstić information content (AvgIpc) is 2.37. The third-order valence-corrected chi connectivity index (χ3v) is 3.14. The number of rotatable bonds is 3. The second-order valence-electron chi connectivity index (χ2n) is 4.12. The Morgan fingerprint density at radius 2 is 1.82 bits per heavy atom. The predicted octanol–water partition coefficient (Wildman–Crippen LogP) is 3.50. The van der Waals surface area contributed by atoms with Gasteiger partial charge in [0.1, 0.15) is 16.9 Å². The van der Waals surface area contributed by atoms with Crippen LogP contribution >= 0.6 is 11.6 Å². The molecule has 0 aromatic heterocycles. The zero-order chi connectivity index (χ0) is 12.5. The number of carbonyl (C=O) groups excluding carboxylic acids is 1. The number of ether oxygens (including phenoxy) is 1. The molecule has 0 aliphatic rings. The van der Waals surface area contributed by atoms with Gasteiger partial charge in [-0.3, -0.25) is 0 Å². The van der Waals surface area contributed by atoms with Crippen LogP contribution in [0, 0.1) is 0 Å². The highest BCUT2D eigenvalue weighted by Crippen LogP contribution is 2.30. The molecule has 0 bridgehead atoms. The molecule has 0 fully saturated rings. The minimum absolute atomic E-state index is 0.749. The van der Waals surface area contributed by atoms with Crippen molar-refractivity contribution in [3.05, 3.63) is 42.0 Å². The number of alkyl halides is 1. The predicted molar refractivity (Wildman–Crippen MR) is 69.8 cm³/mol. The number of fused-ring (bicyclic) bond motifs is 1. The lowest BCUT2D eigenvalue weighted by molar-refractivity contribution is -0.109. The average molecular weight is 249 g/mol. The molecular formula is C14H13ClO2. The first kappa shape index (κ1) is 11.9. The molecule has 2 nitrogen and oxygen atoms in total. The van der Waals surface area contributed by atoms with Crippen LogP contribution in [0.4, 0.5) is 0 Å². The molecule has 0 heterocycles. The van der Waals surface area contributed by atoms with Gasteiger partial charge < -0.3 is 9.53 Å². The maximum atomic E-state index is 10.9. The van der Waals surface area contributed by atoms with Crippen LogP contribution in [-0.2, 0) is 9.67 Å². The summed E-state index contributed by atoms with van der Waals surface area (Å²) in [6.07, 6.45) is 0.749. The highest BCUT2D eigenvalue weighted by Gasteiger charge is 2.22. The number of methoxy groups -OCH3 is 1. The van der Waals surface area contributed by atoms with Crippen molar-refractivity contribution in [1.82, 2.24) is 0 Å². The second-order valence-corrected chi connectivity index (χ2v) is 4.91. The van der Waals surface area contributed by atoms with E-state index in [2.05, 4.69) is 0 Å². The Kier molecular flexibility index (Phi) is 3.07. The third-order valence-electron chi connectivity index (χ3n) is 2.83. The van der Waals surface area contributed by atoms with E-state index >= 15 is 0 Å². The molecule has 2 aromatic carbocycles. The lowest BCUT2D eigenvalue weighted by Gasteiger charge is -2.15. The van der Waals surface area contributed by atoms with Gasteiger partial charge in [0.15, 0.2) is 0 Å². The fourth-order valence-corrected chi connectivity index (χ4v) is 1.84. The standard InChI is InChI=1S/C14H13ClO2/c1-14(15,9-16)12-5-3-11-8-13(17-2)6-4-10(11)7-12/h3-9H,1-2H3. The van der Waals surface area contributed by atoms with E-state index in [0.717, 1.165) is 28.4 Å². The molecule has 2 rings (SSSR count). The van der Waals surface area contributed by atoms with E-state index in [1.807, 2.05) is 36.4 Å². The Morgan fingerprint density at radius 3 is 2.47 bits per heavy atom. The quantitative estimate of drug-likeness (QED) is 0.614. The van der Waals surface area contributed by atoms with E-state index in [9.17, 15) is 4.79 Å². The number of benzene rings is 2. The summed E-state index contributed by atoms with van der Waals surface area (Å²) in [5.41, 5.74) is 0.798. The first-order valence-electron chi connectivity index (χ1n) is 5.30. The Labute approximate surface area is 105 Å². The minimum atomic E-state index is -0.964. The van der Waals surface area contributed by atoms with E-state index in [0.29, 0.717) is 0 Å². The van der Waals surface area contributed by atoms with Crippen molar-refractivity contribution >= 4 is 28.7 Å². The first-order chi connectivity index (χ1) is 8.06. The molecule has 0 amide bonds. The number of hydrogen-bond donors (Lipinski definition) is 0. The smallest absolute Gasteiger partial charge is 0.145 e. The van der Waals surface area contributed by atoms with Gasteiger partial charge in [-0.15, -0.1) is 11.6 Å². The summed E-state index contributed by atoms with van der Waals surface area (Å²) < 4.78 is 5.16. The Bertz CT molecular complexity index is 561. The second kappa shape index (κ2) is 4.38. The third kappa shape index (κ3) is 2.27. The molecule has 2 aromatic rings. The lowest BCUT2D eigenvalue weighted by atomic mass is 9.98. The summed E-state index contributed by atoms with van der Waals surface area (Å²) in [5.74, 6) is 0.814. The van der Waals surface area contributed by atoms with Gasteiger partial charge >= 0.3 is 0 Å². The van der Waals surface area contributed by atoms with Gasteiger partial charge in [-0.1, -0.05) is 18.2 Å². The zero-order valence-corrected chi connectivity index (χ0v) is 10.5. The first-order valence-corrected chi connectivity index (χ1v) is 5.68. The van der Waals surface area contributed by atoms with Crippen molar-refractivity contribution in [3.8, 4) is 5.75 Å². The summed E-state index contributed by atoms with van der Waals surface area (Å²) in [6.45, 7) is 1.69. The van der Waals surface area contributed by atoms with Crippen LogP contribution in [0.15, 0.2) is 36.4 Å². The van der Waals surface area contributed by atoms with Crippen molar-refractivity contribution in [2.45, 2.75) is 11.8 Å². The van der Waals surface area contributed by atoms with Gasteiger partial charge in [0.2, 0.25) is 0 Å². The summed E-state index contributed by atoms with van der Waals surface area (Å²) in [6, 6.07) is 11.5. The topological polar surface area (TPSA) is 26.3 Å². The molecule has 0 aliphatic carbocycles. The molecule has 0 N–H and O–H groups in total. The summed E-state index contributed by atoms with van der Waals surface area (Å²) >= 11 is 6.11. The van der Waals surface area contributed by atoms with Crippen molar-refractivity contribution in [3.63, 3.8) is 0 Å². The molecule has 0 saturated carbocycles. The number of carbonyl (C=O) groups is 1. The van der Waals surface area contributed by atoms with E-state index in [1.165, 1.54) is 0 Å². The van der Waals surface area contributed by atoms with E-state index in [1.54, 1.807) is 14.0 Å². The highest BCUT2D eigenvalue weighted by molar-refractivity contribution is 6.31. The largest absolute Gasteiger partial charge is 0.497 e. The molecule has 1 unspecified atom stereocenters. The molecule has 17 heavy (non-hydrogen) atoms. The lowest BCUT2D eigenvalue weighted by Crippen LogP contribution is -2.14. The van der Waals surface area contributed by atoms with Crippen LogP contribution in [0.5, 0.6) is 5.75 Å². The van der Waals surface area contributed by atoms with Crippen LogP contribution in [-0.4, -0.2) is 13.4 Å². The SMILES string of the molecule is COc1ccc2cc(C(C)(Cl)C=O)ccc2c1. The Balaban J connectivity index is 2.56. The molecule has 0 spiro atoms. The van der Waals surface area contributed by atoms with E-state index < -0.39 is 4.87 Å². The molecule has 0 radical (unpaired) electrons. The molecule has 1 atom stereocenters. The molecule has 0 saturated heterocycles. The van der Waals surface area contributed by atoms with Crippen molar-refractivity contribution in [2.24, 2.45) is 0 Å². The molecule has 3 heteroatoms. The minimum Gasteiger partial charge on any atom is -0.497 e. The van der Waals surface area contributed by atoms with Crippen LogP contribution in [0.2, 0.25) is 0 Å².